The van der Waals surface area contributed by atoms with Crippen molar-refractivity contribution in [3.63, 3.8) is 0 Å². The lowest BCUT2D eigenvalue weighted by atomic mass is 9.90. The Balaban J connectivity index is 1.51. The first-order valence-electron chi connectivity index (χ1n) is 8.34. The van der Waals surface area contributed by atoms with Gasteiger partial charge in [0.05, 0.1) is 5.69 Å². The Morgan fingerprint density at radius 3 is 2.58 bits per heavy atom. The molecule has 1 N–H and O–H groups in total. The monoisotopic (exact) mass is 317 g/mol. The van der Waals surface area contributed by atoms with Gasteiger partial charge >= 0.3 is 0 Å². The molecule has 120 valence electrons. The Morgan fingerprint density at radius 2 is 1.75 bits per heavy atom. The molecule has 4 rings (SSSR count). The lowest BCUT2D eigenvalue weighted by molar-refractivity contribution is 0.102. The first kappa shape index (κ1) is 14.7. The fraction of sp³-hybridized carbons (Fsp3) is 0.200. The topological polar surface area (TPSA) is 46.9 Å². The molecule has 0 unspecified atom stereocenters. The zero-order valence-electron chi connectivity index (χ0n) is 13.4. The van der Waals surface area contributed by atoms with E-state index >= 15 is 0 Å². The normalized spacial score (nSPS) is 13.3. The molecule has 1 aromatic heterocycles. The first-order valence-corrected chi connectivity index (χ1v) is 8.34. The van der Waals surface area contributed by atoms with Crippen LogP contribution in [0.25, 0.3) is 5.69 Å². The van der Waals surface area contributed by atoms with Crippen LogP contribution in [0.15, 0.2) is 60.8 Å². The Morgan fingerprint density at radius 1 is 0.958 bits per heavy atom. The number of para-hydroxylation sites is 1. The van der Waals surface area contributed by atoms with Crippen LogP contribution in [0.1, 0.15) is 34.3 Å². The Labute approximate surface area is 141 Å². The number of nitrogens with zero attached hydrogens (tertiary/aromatic N) is 2. The molecule has 3 aromatic rings. The van der Waals surface area contributed by atoms with Gasteiger partial charge in [0.2, 0.25) is 0 Å². The van der Waals surface area contributed by atoms with Crippen molar-refractivity contribution in [1.29, 1.82) is 0 Å². The van der Waals surface area contributed by atoms with Gasteiger partial charge in [-0.15, -0.1) is 0 Å². The molecule has 2 aromatic carbocycles. The zero-order valence-corrected chi connectivity index (χ0v) is 13.4. The van der Waals surface area contributed by atoms with Gasteiger partial charge in [0.15, 0.2) is 5.82 Å². The number of hydrogen-bond acceptors (Lipinski definition) is 2. The Kier molecular flexibility index (Phi) is 3.87. The van der Waals surface area contributed by atoms with Crippen LogP contribution in [0, 0.1) is 0 Å². The van der Waals surface area contributed by atoms with E-state index in [1.165, 1.54) is 24.0 Å². The fourth-order valence-corrected chi connectivity index (χ4v) is 3.18. The van der Waals surface area contributed by atoms with Crippen LogP contribution in [0.2, 0.25) is 0 Å². The van der Waals surface area contributed by atoms with E-state index < -0.39 is 0 Å². The lowest BCUT2D eigenvalue weighted by Gasteiger charge is -2.16. The minimum Gasteiger partial charge on any atom is -0.305 e. The molecule has 1 heterocycles. The maximum absolute atomic E-state index is 12.5. The molecule has 0 spiro atoms. The third-order valence-corrected chi connectivity index (χ3v) is 4.46. The van der Waals surface area contributed by atoms with E-state index in [4.69, 9.17) is 0 Å². The molecule has 0 fully saturated rings. The predicted molar refractivity (Wildman–Crippen MR) is 94.6 cm³/mol. The number of carbonyl (C=O) groups excluding carboxylic acids is 1. The van der Waals surface area contributed by atoms with Crippen molar-refractivity contribution in [2.45, 2.75) is 25.7 Å². The second kappa shape index (κ2) is 6.32. The number of aryl methyl sites for hydroxylation is 2. The van der Waals surface area contributed by atoms with Gasteiger partial charge < -0.3 is 5.32 Å². The average molecular weight is 317 g/mol. The molecule has 0 atom stereocenters. The molecule has 1 aliphatic rings. The quantitative estimate of drug-likeness (QED) is 0.793. The SMILES string of the molecule is O=C(Nc1ccn(-c2ccccc2)n1)c1ccc2c(c1)CCCC2. The highest BCUT2D eigenvalue weighted by Crippen LogP contribution is 2.22. The first-order chi connectivity index (χ1) is 11.8. The number of fused-ring (bicyclic) bond motifs is 1. The summed E-state index contributed by atoms with van der Waals surface area (Å²) in [5, 5.41) is 7.30. The minimum absolute atomic E-state index is 0.110. The summed E-state index contributed by atoms with van der Waals surface area (Å²) in [6.07, 6.45) is 6.49. The summed E-state index contributed by atoms with van der Waals surface area (Å²) >= 11 is 0. The van der Waals surface area contributed by atoms with Crippen molar-refractivity contribution in [3.8, 4) is 5.69 Å². The van der Waals surface area contributed by atoms with E-state index in [1.807, 2.05) is 54.7 Å². The van der Waals surface area contributed by atoms with E-state index in [-0.39, 0.29) is 5.91 Å². The number of nitrogens with one attached hydrogen (secondary N) is 1. The number of anilines is 1. The largest absolute Gasteiger partial charge is 0.305 e. The van der Waals surface area contributed by atoms with Crippen molar-refractivity contribution in [3.05, 3.63) is 77.5 Å². The van der Waals surface area contributed by atoms with Gasteiger partial charge in [-0.05, 0) is 61.1 Å². The van der Waals surface area contributed by atoms with Crippen LogP contribution in [0.3, 0.4) is 0 Å². The van der Waals surface area contributed by atoms with Crippen LogP contribution in [-0.2, 0) is 12.8 Å². The molecule has 4 nitrogen and oxygen atoms in total. The van der Waals surface area contributed by atoms with Gasteiger partial charge in [-0.2, -0.15) is 5.10 Å². The molecular formula is C20H19N3O. The molecule has 4 heteroatoms. The van der Waals surface area contributed by atoms with Crippen LogP contribution in [0.5, 0.6) is 0 Å². The summed E-state index contributed by atoms with van der Waals surface area (Å²) in [5.41, 5.74) is 4.35. The number of aromatic nitrogens is 2. The van der Waals surface area contributed by atoms with Gasteiger partial charge in [0.25, 0.3) is 5.91 Å². The second-order valence-electron chi connectivity index (χ2n) is 6.13. The van der Waals surface area contributed by atoms with Crippen molar-refractivity contribution in [2.75, 3.05) is 5.32 Å². The number of carbonyl (C=O) groups is 1. The third-order valence-electron chi connectivity index (χ3n) is 4.46. The zero-order chi connectivity index (χ0) is 16.4. The van der Waals surface area contributed by atoms with E-state index in [9.17, 15) is 4.79 Å². The maximum atomic E-state index is 12.5. The molecule has 0 saturated carbocycles. The highest BCUT2D eigenvalue weighted by Gasteiger charge is 2.13. The minimum atomic E-state index is -0.110. The smallest absolute Gasteiger partial charge is 0.256 e. The predicted octanol–water partition coefficient (Wildman–Crippen LogP) is 4.00. The van der Waals surface area contributed by atoms with Gasteiger partial charge in [0, 0.05) is 17.8 Å². The number of benzene rings is 2. The molecule has 0 aliphatic heterocycles. The van der Waals surface area contributed by atoms with E-state index in [2.05, 4.69) is 16.5 Å². The van der Waals surface area contributed by atoms with Gasteiger partial charge in [-0.3, -0.25) is 4.79 Å². The number of amides is 1. The summed E-state index contributed by atoms with van der Waals surface area (Å²) in [7, 11) is 0. The van der Waals surface area contributed by atoms with Crippen LogP contribution < -0.4 is 5.32 Å². The van der Waals surface area contributed by atoms with Gasteiger partial charge in [-0.1, -0.05) is 24.3 Å². The molecule has 24 heavy (non-hydrogen) atoms. The molecule has 0 saturated heterocycles. The lowest BCUT2D eigenvalue weighted by Crippen LogP contribution is -2.14. The number of rotatable bonds is 3. The second-order valence-corrected chi connectivity index (χ2v) is 6.13. The Bertz CT molecular complexity index is 868. The van der Waals surface area contributed by atoms with Crippen molar-refractivity contribution < 1.29 is 4.79 Å². The molecule has 0 bridgehead atoms. The highest BCUT2D eigenvalue weighted by molar-refractivity contribution is 6.03. The summed E-state index contributed by atoms with van der Waals surface area (Å²) in [6.45, 7) is 0. The van der Waals surface area contributed by atoms with E-state index in [1.54, 1.807) is 4.68 Å². The summed E-state index contributed by atoms with van der Waals surface area (Å²) in [4.78, 5) is 12.5. The van der Waals surface area contributed by atoms with Crippen molar-refractivity contribution in [1.82, 2.24) is 9.78 Å². The average Bonchev–Trinajstić information content (AvgIpc) is 3.10. The maximum Gasteiger partial charge on any atom is 0.256 e. The Hall–Kier alpha value is -2.88. The summed E-state index contributed by atoms with van der Waals surface area (Å²) in [6, 6.07) is 17.7. The van der Waals surface area contributed by atoms with Crippen LogP contribution >= 0.6 is 0 Å². The fourth-order valence-electron chi connectivity index (χ4n) is 3.18. The van der Waals surface area contributed by atoms with Gasteiger partial charge in [-0.25, -0.2) is 4.68 Å². The van der Waals surface area contributed by atoms with Crippen LogP contribution in [-0.4, -0.2) is 15.7 Å². The summed E-state index contributed by atoms with van der Waals surface area (Å²) < 4.78 is 1.75. The standard InChI is InChI=1S/C20H19N3O/c24-20(17-11-10-15-6-4-5-7-16(15)14-17)21-19-12-13-23(22-19)18-8-2-1-3-9-18/h1-3,8-14H,4-7H2,(H,21,22,24). The van der Waals surface area contributed by atoms with Gasteiger partial charge in [0.1, 0.15) is 0 Å². The highest BCUT2D eigenvalue weighted by atomic mass is 16.1. The van der Waals surface area contributed by atoms with Crippen molar-refractivity contribution >= 4 is 11.7 Å². The molecule has 1 amide bonds. The molecule has 0 radical (unpaired) electrons. The third kappa shape index (κ3) is 2.95. The summed E-state index contributed by atoms with van der Waals surface area (Å²) in [5.74, 6) is 0.447. The van der Waals surface area contributed by atoms with E-state index in [0.29, 0.717) is 11.4 Å². The van der Waals surface area contributed by atoms with Crippen molar-refractivity contribution in [2.24, 2.45) is 0 Å². The molecule has 1 aliphatic carbocycles. The van der Waals surface area contributed by atoms with E-state index in [0.717, 1.165) is 18.5 Å². The van der Waals surface area contributed by atoms with Crippen LogP contribution in [0.4, 0.5) is 5.82 Å². The molecular weight excluding hydrogens is 298 g/mol. The number of hydrogen-bond donors (Lipinski definition) is 1.